The largest absolute Gasteiger partial charge is 0.497 e. The lowest BCUT2D eigenvalue weighted by molar-refractivity contribution is -0.121. The van der Waals surface area contributed by atoms with Crippen LogP contribution in [0.5, 0.6) is 5.75 Å². The number of anilines is 1. The fourth-order valence-corrected chi connectivity index (χ4v) is 4.80. The Morgan fingerprint density at radius 2 is 1.66 bits per heavy atom. The van der Waals surface area contributed by atoms with Crippen molar-refractivity contribution in [2.45, 2.75) is 30.7 Å². The van der Waals surface area contributed by atoms with Gasteiger partial charge in [0.25, 0.3) is 0 Å². The number of carbonyl (C=O) groups is 2. The number of piperidine rings is 1. The quantitative estimate of drug-likeness (QED) is 0.609. The van der Waals surface area contributed by atoms with Gasteiger partial charge in [0.2, 0.25) is 15.9 Å². The summed E-state index contributed by atoms with van der Waals surface area (Å²) in [5.41, 5.74) is 1.54. The van der Waals surface area contributed by atoms with Gasteiger partial charge in [0.15, 0.2) is 5.78 Å². The van der Waals surface area contributed by atoms with Gasteiger partial charge in [-0.15, -0.1) is 0 Å². The molecule has 2 aromatic rings. The Bertz CT molecular complexity index is 1040. The predicted octanol–water partition coefficient (Wildman–Crippen LogP) is 2.30. The maximum Gasteiger partial charge on any atom is 0.243 e. The van der Waals surface area contributed by atoms with E-state index in [1.807, 2.05) is 24.3 Å². The van der Waals surface area contributed by atoms with Gasteiger partial charge in [0.1, 0.15) is 5.75 Å². The Kier molecular flexibility index (Phi) is 7.52. The van der Waals surface area contributed by atoms with Crippen LogP contribution in [-0.4, -0.2) is 64.2 Å². The summed E-state index contributed by atoms with van der Waals surface area (Å²) in [6.07, 6.45) is 1.56. The Morgan fingerprint density at radius 3 is 2.19 bits per heavy atom. The Balaban J connectivity index is 1.51. The topological polar surface area (TPSA) is 96.0 Å². The van der Waals surface area contributed by atoms with Crippen molar-refractivity contribution in [1.29, 1.82) is 0 Å². The van der Waals surface area contributed by atoms with Crippen molar-refractivity contribution in [3.05, 3.63) is 54.1 Å². The molecule has 1 heterocycles. The minimum atomic E-state index is -3.83. The van der Waals surface area contributed by atoms with Gasteiger partial charge in [-0.3, -0.25) is 9.59 Å². The number of ether oxygens (including phenoxy) is 1. The van der Waals surface area contributed by atoms with E-state index in [4.69, 9.17) is 4.74 Å². The van der Waals surface area contributed by atoms with Gasteiger partial charge in [-0.2, -0.15) is 4.31 Å². The number of nitrogens with one attached hydrogen (secondary N) is 1. The molecule has 0 bridgehead atoms. The second-order valence-electron chi connectivity index (χ2n) is 7.87. The van der Waals surface area contributed by atoms with Crippen LogP contribution in [0.3, 0.4) is 0 Å². The Hall–Kier alpha value is -2.91. The number of sulfonamides is 1. The first-order valence-corrected chi connectivity index (χ1v) is 11.9. The summed E-state index contributed by atoms with van der Waals surface area (Å²) in [7, 11) is -0.815. The molecule has 9 heteroatoms. The van der Waals surface area contributed by atoms with Crippen LogP contribution >= 0.6 is 0 Å². The summed E-state index contributed by atoms with van der Waals surface area (Å²) in [4.78, 5) is 26.2. The highest BCUT2D eigenvalue weighted by atomic mass is 32.2. The van der Waals surface area contributed by atoms with Crippen LogP contribution in [0.15, 0.2) is 53.4 Å². The van der Waals surface area contributed by atoms with Crippen LogP contribution in [0.1, 0.15) is 30.1 Å². The summed E-state index contributed by atoms with van der Waals surface area (Å²) in [6, 6.07) is 13.6. The van der Waals surface area contributed by atoms with Crippen LogP contribution in [-0.2, 0) is 14.8 Å². The molecule has 1 aliphatic rings. The number of methoxy groups -OCH3 is 1. The Labute approximate surface area is 189 Å². The van der Waals surface area contributed by atoms with Crippen molar-refractivity contribution >= 4 is 27.4 Å². The third kappa shape index (κ3) is 5.66. The monoisotopic (exact) mass is 459 g/mol. The van der Waals surface area contributed by atoms with E-state index in [0.29, 0.717) is 5.56 Å². The van der Waals surface area contributed by atoms with Gasteiger partial charge in [-0.1, -0.05) is 12.1 Å². The normalized spacial score (nSPS) is 14.9. The molecule has 0 aliphatic carbocycles. The molecule has 0 unspecified atom stereocenters. The molecule has 0 spiro atoms. The number of hydrogen-bond donors (Lipinski definition) is 1. The highest BCUT2D eigenvalue weighted by Crippen LogP contribution is 2.23. The highest BCUT2D eigenvalue weighted by molar-refractivity contribution is 7.89. The molecule has 1 amide bonds. The molecule has 1 aliphatic heterocycles. The molecule has 2 aromatic carbocycles. The zero-order valence-electron chi connectivity index (χ0n) is 18.6. The second-order valence-corrected chi connectivity index (χ2v) is 9.91. The van der Waals surface area contributed by atoms with Crippen molar-refractivity contribution in [3.63, 3.8) is 0 Å². The van der Waals surface area contributed by atoms with Gasteiger partial charge in [0, 0.05) is 37.4 Å². The summed E-state index contributed by atoms with van der Waals surface area (Å²) < 4.78 is 31.7. The van der Waals surface area contributed by atoms with Crippen molar-refractivity contribution in [2.24, 2.45) is 0 Å². The number of ketones is 1. The third-order valence-corrected chi connectivity index (χ3v) is 7.45. The molecule has 8 nitrogen and oxygen atoms in total. The van der Waals surface area contributed by atoms with Gasteiger partial charge in [-0.25, -0.2) is 8.42 Å². The number of hydrogen-bond acceptors (Lipinski definition) is 6. The molecule has 0 radical (unpaired) electrons. The van der Waals surface area contributed by atoms with E-state index in [1.165, 1.54) is 38.2 Å². The lowest BCUT2D eigenvalue weighted by Crippen LogP contribution is -2.47. The molecule has 0 atom stereocenters. The summed E-state index contributed by atoms with van der Waals surface area (Å²) >= 11 is 0. The van der Waals surface area contributed by atoms with Crippen LogP contribution in [0.4, 0.5) is 5.69 Å². The number of rotatable bonds is 8. The van der Waals surface area contributed by atoms with Crippen LogP contribution in [0.2, 0.25) is 0 Å². The van der Waals surface area contributed by atoms with Gasteiger partial charge >= 0.3 is 0 Å². The minimum Gasteiger partial charge on any atom is -0.497 e. The van der Waals surface area contributed by atoms with Crippen LogP contribution < -0.4 is 15.0 Å². The zero-order valence-corrected chi connectivity index (χ0v) is 19.4. The molecule has 1 N–H and O–H groups in total. The second kappa shape index (κ2) is 10.1. The minimum absolute atomic E-state index is 0.00273. The van der Waals surface area contributed by atoms with Crippen molar-refractivity contribution in [3.8, 4) is 5.75 Å². The maximum atomic E-state index is 12.7. The smallest absolute Gasteiger partial charge is 0.243 e. The van der Waals surface area contributed by atoms with Gasteiger partial charge in [0.05, 0.1) is 18.6 Å². The van der Waals surface area contributed by atoms with Crippen LogP contribution in [0, 0.1) is 0 Å². The first-order valence-electron chi connectivity index (χ1n) is 10.5. The molecule has 0 saturated carbocycles. The van der Waals surface area contributed by atoms with E-state index in [1.54, 1.807) is 7.11 Å². The number of Topliss-reactive ketones (excluding diaryl/α,β-unsaturated/α-hetero) is 1. The number of nitrogens with zero attached hydrogens (tertiary/aromatic N) is 2. The van der Waals surface area contributed by atoms with E-state index in [-0.39, 0.29) is 29.2 Å². The summed E-state index contributed by atoms with van der Waals surface area (Å²) in [6.45, 7) is 2.75. The molecule has 172 valence electrons. The first kappa shape index (κ1) is 23.7. The van der Waals surface area contributed by atoms with E-state index < -0.39 is 10.0 Å². The lowest BCUT2D eigenvalue weighted by Gasteiger charge is -2.34. The van der Waals surface area contributed by atoms with Crippen molar-refractivity contribution in [1.82, 2.24) is 9.62 Å². The number of carbonyl (C=O) groups excluding carboxylic acids is 2. The molecular weight excluding hydrogens is 430 g/mol. The summed E-state index contributed by atoms with van der Waals surface area (Å²) in [5.74, 6) is 0.337. The Morgan fingerprint density at radius 1 is 1.06 bits per heavy atom. The average Bonchev–Trinajstić information content (AvgIpc) is 2.79. The number of benzene rings is 2. The number of likely N-dealkylation sites (N-methyl/N-ethyl adjacent to an activating group) is 1. The standard InChI is InChI=1S/C23H29N3O5S/c1-17(27)18-4-10-22(11-5-18)32(29,30)25(2)16-23(28)24-19-12-14-26(15-13-19)20-6-8-21(31-3)9-7-20/h4-11,19H,12-16H2,1-3H3,(H,24,28). The van der Waals surface area contributed by atoms with E-state index >= 15 is 0 Å². The molecular formula is C23H29N3O5S. The predicted molar refractivity (Wildman–Crippen MR) is 123 cm³/mol. The van der Waals surface area contributed by atoms with Gasteiger partial charge < -0.3 is 15.0 Å². The van der Waals surface area contributed by atoms with Crippen molar-refractivity contribution in [2.75, 3.05) is 38.7 Å². The average molecular weight is 460 g/mol. The zero-order chi connectivity index (χ0) is 23.3. The van der Waals surface area contributed by atoms with Crippen LogP contribution in [0.25, 0.3) is 0 Å². The summed E-state index contributed by atoms with van der Waals surface area (Å²) in [5, 5.41) is 2.95. The van der Waals surface area contributed by atoms with Gasteiger partial charge in [-0.05, 0) is 56.2 Å². The van der Waals surface area contributed by atoms with Crippen molar-refractivity contribution < 1.29 is 22.7 Å². The molecule has 1 fully saturated rings. The molecule has 3 rings (SSSR count). The first-order chi connectivity index (χ1) is 15.2. The fourth-order valence-electron chi connectivity index (χ4n) is 3.68. The SMILES string of the molecule is COc1ccc(N2CCC(NC(=O)CN(C)S(=O)(=O)c3ccc(C(C)=O)cc3)CC2)cc1. The molecule has 0 aromatic heterocycles. The molecule has 1 saturated heterocycles. The number of amides is 1. The highest BCUT2D eigenvalue weighted by Gasteiger charge is 2.25. The lowest BCUT2D eigenvalue weighted by atomic mass is 10.0. The fraction of sp³-hybridized carbons (Fsp3) is 0.391. The molecule has 32 heavy (non-hydrogen) atoms. The van der Waals surface area contributed by atoms with E-state index in [9.17, 15) is 18.0 Å². The maximum absolute atomic E-state index is 12.7. The third-order valence-electron chi connectivity index (χ3n) is 5.63. The van der Waals surface area contributed by atoms with E-state index in [0.717, 1.165) is 41.7 Å². The van der Waals surface area contributed by atoms with E-state index in [2.05, 4.69) is 10.2 Å².